The Morgan fingerprint density at radius 1 is 1.05 bits per heavy atom. The highest BCUT2D eigenvalue weighted by Crippen LogP contribution is 2.21. The fourth-order valence-corrected chi connectivity index (χ4v) is 2.13. The Bertz CT molecular complexity index is 528. The second-order valence-electron chi connectivity index (χ2n) is 5.31. The SMILES string of the molecule is CC(CCO)CNCc1cccc(Oc2ccccc2)c1. The van der Waals surface area contributed by atoms with Crippen molar-refractivity contribution in [3.8, 4) is 11.5 Å². The van der Waals surface area contributed by atoms with Crippen LogP contribution in [0.5, 0.6) is 11.5 Å². The zero-order valence-electron chi connectivity index (χ0n) is 12.5. The van der Waals surface area contributed by atoms with Gasteiger partial charge in [-0.05, 0) is 48.7 Å². The first-order valence-corrected chi connectivity index (χ1v) is 7.41. The lowest BCUT2D eigenvalue weighted by molar-refractivity contribution is 0.260. The van der Waals surface area contributed by atoms with E-state index in [1.165, 1.54) is 5.56 Å². The van der Waals surface area contributed by atoms with Gasteiger partial charge in [0.05, 0.1) is 0 Å². The highest BCUT2D eigenvalue weighted by Gasteiger charge is 2.02. The molecule has 0 aromatic heterocycles. The summed E-state index contributed by atoms with van der Waals surface area (Å²) in [6, 6.07) is 17.9. The third kappa shape index (κ3) is 5.58. The van der Waals surface area contributed by atoms with E-state index >= 15 is 0 Å². The first-order chi connectivity index (χ1) is 10.3. The van der Waals surface area contributed by atoms with E-state index in [1.807, 2.05) is 42.5 Å². The molecule has 0 spiro atoms. The molecule has 1 unspecified atom stereocenters. The lowest BCUT2D eigenvalue weighted by Gasteiger charge is -2.12. The molecule has 2 aromatic carbocycles. The van der Waals surface area contributed by atoms with E-state index in [-0.39, 0.29) is 6.61 Å². The molecule has 1 atom stereocenters. The van der Waals surface area contributed by atoms with Gasteiger partial charge < -0.3 is 15.2 Å². The maximum absolute atomic E-state index is 8.89. The Kier molecular flexibility index (Phi) is 6.25. The smallest absolute Gasteiger partial charge is 0.127 e. The summed E-state index contributed by atoms with van der Waals surface area (Å²) < 4.78 is 5.82. The van der Waals surface area contributed by atoms with Crippen LogP contribution in [0, 0.1) is 5.92 Å². The Hall–Kier alpha value is -1.84. The first kappa shape index (κ1) is 15.5. The van der Waals surface area contributed by atoms with Crippen molar-refractivity contribution in [3.05, 3.63) is 60.2 Å². The van der Waals surface area contributed by atoms with Crippen LogP contribution in [0.1, 0.15) is 18.9 Å². The zero-order chi connectivity index (χ0) is 14.9. The number of hydrogen-bond donors (Lipinski definition) is 2. The molecule has 2 aromatic rings. The molecular weight excluding hydrogens is 262 g/mol. The predicted octanol–water partition coefficient (Wildman–Crippen LogP) is 3.59. The van der Waals surface area contributed by atoms with Crippen molar-refractivity contribution in [3.63, 3.8) is 0 Å². The third-order valence-corrected chi connectivity index (χ3v) is 3.32. The van der Waals surface area contributed by atoms with Crippen LogP contribution in [0.3, 0.4) is 0 Å². The van der Waals surface area contributed by atoms with Gasteiger partial charge in [-0.3, -0.25) is 0 Å². The van der Waals surface area contributed by atoms with Crippen molar-refractivity contribution >= 4 is 0 Å². The lowest BCUT2D eigenvalue weighted by Crippen LogP contribution is -2.21. The van der Waals surface area contributed by atoms with Gasteiger partial charge in [0.2, 0.25) is 0 Å². The average molecular weight is 285 g/mol. The summed E-state index contributed by atoms with van der Waals surface area (Å²) >= 11 is 0. The summed E-state index contributed by atoms with van der Waals surface area (Å²) in [5.74, 6) is 2.18. The van der Waals surface area contributed by atoms with Crippen molar-refractivity contribution in [2.75, 3.05) is 13.2 Å². The number of ether oxygens (including phenoxy) is 1. The monoisotopic (exact) mass is 285 g/mol. The normalized spacial score (nSPS) is 12.1. The van der Waals surface area contributed by atoms with Crippen LogP contribution in [0.2, 0.25) is 0 Å². The molecule has 2 N–H and O–H groups in total. The maximum Gasteiger partial charge on any atom is 0.127 e. The van der Waals surface area contributed by atoms with Crippen molar-refractivity contribution in [2.24, 2.45) is 5.92 Å². The van der Waals surface area contributed by atoms with Crippen LogP contribution in [-0.2, 0) is 6.54 Å². The van der Waals surface area contributed by atoms with Crippen molar-refractivity contribution in [1.82, 2.24) is 5.32 Å². The molecule has 0 fully saturated rings. The van der Waals surface area contributed by atoms with Crippen LogP contribution in [-0.4, -0.2) is 18.3 Å². The highest BCUT2D eigenvalue weighted by molar-refractivity contribution is 5.33. The van der Waals surface area contributed by atoms with Crippen LogP contribution < -0.4 is 10.1 Å². The van der Waals surface area contributed by atoms with Crippen LogP contribution in [0.4, 0.5) is 0 Å². The van der Waals surface area contributed by atoms with Gasteiger partial charge in [0.25, 0.3) is 0 Å². The Labute approximate surface area is 126 Å². The number of para-hydroxylation sites is 1. The zero-order valence-corrected chi connectivity index (χ0v) is 12.5. The molecule has 0 amide bonds. The van der Waals surface area contributed by atoms with Gasteiger partial charge in [-0.15, -0.1) is 0 Å². The van der Waals surface area contributed by atoms with E-state index in [9.17, 15) is 0 Å². The molecule has 3 heteroatoms. The average Bonchev–Trinajstić information content (AvgIpc) is 2.49. The molecule has 3 nitrogen and oxygen atoms in total. The molecule has 21 heavy (non-hydrogen) atoms. The van der Waals surface area contributed by atoms with Gasteiger partial charge in [0.15, 0.2) is 0 Å². The number of hydrogen-bond acceptors (Lipinski definition) is 3. The Morgan fingerprint density at radius 2 is 1.81 bits per heavy atom. The molecule has 0 aliphatic carbocycles. The minimum atomic E-state index is 0.253. The molecule has 0 aliphatic rings. The standard InChI is InChI=1S/C18H23NO2/c1-15(10-11-20)13-19-14-16-6-5-9-18(12-16)21-17-7-3-2-4-8-17/h2-9,12,15,19-20H,10-11,13-14H2,1H3. The number of aliphatic hydroxyl groups excluding tert-OH is 1. The minimum Gasteiger partial charge on any atom is -0.457 e. The molecule has 0 heterocycles. The fraction of sp³-hybridized carbons (Fsp3) is 0.333. The number of aliphatic hydroxyl groups is 1. The quantitative estimate of drug-likeness (QED) is 0.779. The van der Waals surface area contributed by atoms with Gasteiger partial charge in [0.1, 0.15) is 11.5 Å². The molecule has 0 saturated carbocycles. The maximum atomic E-state index is 8.89. The van der Waals surface area contributed by atoms with E-state index in [4.69, 9.17) is 9.84 Å². The molecule has 0 saturated heterocycles. The molecule has 0 aliphatic heterocycles. The Balaban J connectivity index is 1.86. The number of nitrogens with one attached hydrogen (secondary N) is 1. The molecule has 0 radical (unpaired) electrons. The van der Waals surface area contributed by atoms with Gasteiger partial charge in [0, 0.05) is 13.2 Å². The summed E-state index contributed by atoms with van der Waals surface area (Å²) in [6.45, 7) is 4.10. The predicted molar refractivity (Wildman–Crippen MR) is 85.5 cm³/mol. The van der Waals surface area contributed by atoms with E-state index in [0.29, 0.717) is 5.92 Å². The third-order valence-electron chi connectivity index (χ3n) is 3.32. The summed E-state index contributed by atoms with van der Waals surface area (Å²) in [7, 11) is 0. The minimum absolute atomic E-state index is 0.253. The largest absolute Gasteiger partial charge is 0.457 e. The molecule has 0 bridgehead atoms. The fourth-order valence-electron chi connectivity index (χ4n) is 2.13. The summed E-state index contributed by atoms with van der Waals surface area (Å²) in [5.41, 5.74) is 1.19. The topological polar surface area (TPSA) is 41.5 Å². The molecular formula is C18H23NO2. The highest BCUT2D eigenvalue weighted by atomic mass is 16.5. The van der Waals surface area contributed by atoms with Crippen LogP contribution >= 0.6 is 0 Å². The summed E-state index contributed by atoms with van der Waals surface area (Å²) in [5, 5.41) is 12.3. The second-order valence-corrected chi connectivity index (χ2v) is 5.31. The Morgan fingerprint density at radius 3 is 2.57 bits per heavy atom. The van der Waals surface area contributed by atoms with Crippen LogP contribution in [0.25, 0.3) is 0 Å². The molecule has 2 rings (SSSR count). The van der Waals surface area contributed by atoms with Gasteiger partial charge in [-0.25, -0.2) is 0 Å². The molecule has 112 valence electrons. The van der Waals surface area contributed by atoms with E-state index in [1.54, 1.807) is 0 Å². The lowest BCUT2D eigenvalue weighted by atomic mass is 10.1. The number of benzene rings is 2. The summed E-state index contributed by atoms with van der Waals surface area (Å²) in [4.78, 5) is 0. The van der Waals surface area contributed by atoms with Crippen molar-refractivity contribution < 1.29 is 9.84 Å². The van der Waals surface area contributed by atoms with E-state index in [0.717, 1.165) is 31.0 Å². The van der Waals surface area contributed by atoms with E-state index < -0.39 is 0 Å². The van der Waals surface area contributed by atoms with Crippen molar-refractivity contribution in [1.29, 1.82) is 0 Å². The summed E-state index contributed by atoms with van der Waals surface area (Å²) in [6.07, 6.45) is 0.837. The van der Waals surface area contributed by atoms with Gasteiger partial charge in [-0.1, -0.05) is 37.3 Å². The van der Waals surface area contributed by atoms with Crippen molar-refractivity contribution in [2.45, 2.75) is 19.9 Å². The van der Waals surface area contributed by atoms with Gasteiger partial charge >= 0.3 is 0 Å². The van der Waals surface area contributed by atoms with Gasteiger partial charge in [-0.2, -0.15) is 0 Å². The van der Waals surface area contributed by atoms with E-state index in [2.05, 4.69) is 24.4 Å². The van der Waals surface area contributed by atoms with Crippen LogP contribution in [0.15, 0.2) is 54.6 Å². The second kappa shape index (κ2) is 8.45. The number of rotatable bonds is 8. The first-order valence-electron chi connectivity index (χ1n) is 7.41.